The lowest BCUT2D eigenvalue weighted by atomic mass is 9.87. The average molecular weight is 261 g/mol. The topological polar surface area (TPSA) is 64.9 Å². The van der Waals surface area contributed by atoms with Crippen molar-refractivity contribution < 1.29 is 10.0 Å². The average Bonchev–Trinajstić information content (AvgIpc) is 2.38. The minimum Gasteiger partial charge on any atom is -0.411 e. The lowest BCUT2D eigenvalue weighted by Gasteiger charge is -2.30. The van der Waals surface area contributed by atoms with E-state index in [-0.39, 0.29) is 0 Å². The summed E-state index contributed by atoms with van der Waals surface area (Å²) in [5.41, 5.74) is 3.37. The van der Waals surface area contributed by atoms with E-state index >= 15 is 0 Å². The van der Waals surface area contributed by atoms with Gasteiger partial charge in [0.1, 0.15) is 6.21 Å². The number of fused-ring (bicyclic) bond motifs is 1. The molecular weight excluding hydrogens is 242 g/mol. The van der Waals surface area contributed by atoms with E-state index in [0.717, 1.165) is 24.7 Å². The van der Waals surface area contributed by atoms with E-state index in [1.807, 2.05) is 12.1 Å². The van der Waals surface area contributed by atoms with E-state index in [4.69, 9.17) is 5.21 Å². The van der Waals surface area contributed by atoms with Crippen LogP contribution in [0, 0.1) is 0 Å². The molecule has 0 radical (unpaired) electrons. The zero-order chi connectivity index (χ0) is 13.8. The molecule has 102 valence electrons. The van der Waals surface area contributed by atoms with E-state index in [2.05, 4.69) is 35.5 Å². The standard InChI is InChI=1S/C14H19N3O2/c1-17(2)13-6-4-10-3-5-12(7-11(10)8-13)16-14(18)9-15-19/h3,5,7,9,13,19H,4,6,8H2,1-2H3,(H,16,18). The van der Waals surface area contributed by atoms with E-state index in [1.54, 1.807) is 0 Å². The minimum atomic E-state index is -0.428. The largest absolute Gasteiger partial charge is 0.411 e. The zero-order valence-corrected chi connectivity index (χ0v) is 11.3. The molecule has 0 aromatic heterocycles. The Morgan fingerprint density at radius 3 is 2.95 bits per heavy atom. The van der Waals surface area contributed by atoms with Crippen LogP contribution in [0.5, 0.6) is 0 Å². The van der Waals surface area contributed by atoms with Gasteiger partial charge in [0, 0.05) is 11.7 Å². The Morgan fingerprint density at radius 2 is 2.26 bits per heavy atom. The molecule has 5 nitrogen and oxygen atoms in total. The summed E-state index contributed by atoms with van der Waals surface area (Å²) in [4.78, 5) is 13.6. The molecule has 19 heavy (non-hydrogen) atoms. The molecule has 5 heteroatoms. The third-order valence-electron chi connectivity index (χ3n) is 3.58. The first-order chi connectivity index (χ1) is 9.10. The number of amides is 1. The molecule has 1 amide bonds. The Balaban J connectivity index is 2.14. The van der Waals surface area contributed by atoms with Gasteiger partial charge in [-0.1, -0.05) is 11.2 Å². The van der Waals surface area contributed by atoms with Gasteiger partial charge in [0.25, 0.3) is 5.91 Å². The third-order valence-corrected chi connectivity index (χ3v) is 3.58. The maximum absolute atomic E-state index is 11.3. The summed E-state index contributed by atoms with van der Waals surface area (Å²) in [5, 5.41) is 13.7. The smallest absolute Gasteiger partial charge is 0.270 e. The predicted molar refractivity (Wildman–Crippen MR) is 74.9 cm³/mol. The quantitative estimate of drug-likeness (QED) is 0.492. The minimum absolute atomic E-state index is 0.428. The summed E-state index contributed by atoms with van der Waals surface area (Å²) in [6.45, 7) is 0. The molecule has 2 rings (SSSR count). The first-order valence-electron chi connectivity index (χ1n) is 6.37. The molecule has 0 aliphatic heterocycles. The third kappa shape index (κ3) is 3.32. The van der Waals surface area contributed by atoms with Crippen LogP contribution in [0.2, 0.25) is 0 Å². The van der Waals surface area contributed by atoms with Crippen LogP contribution in [0.1, 0.15) is 17.5 Å². The second kappa shape index (κ2) is 5.84. The fraction of sp³-hybridized carbons (Fsp3) is 0.429. The predicted octanol–water partition coefficient (Wildman–Crippen LogP) is 1.50. The van der Waals surface area contributed by atoms with Gasteiger partial charge in [-0.25, -0.2) is 0 Å². The van der Waals surface area contributed by atoms with E-state index < -0.39 is 5.91 Å². The van der Waals surface area contributed by atoms with Crippen LogP contribution in [-0.2, 0) is 17.6 Å². The highest BCUT2D eigenvalue weighted by Gasteiger charge is 2.20. The van der Waals surface area contributed by atoms with Crippen LogP contribution in [0.15, 0.2) is 23.4 Å². The van der Waals surface area contributed by atoms with Crippen molar-refractivity contribution in [2.24, 2.45) is 5.16 Å². The van der Waals surface area contributed by atoms with Crippen molar-refractivity contribution in [3.05, 3.63) is 29.3 Å². The van der Waals surface area contributed by atoms with E-state index in [1.165, 1.54) is 17.5 Å². The number of nitrogens with one attached hydrogen (secondary N) is 1. The Hall–Kier alpha value is -1.88. The molecule has 0 bridgehead atoms. The van der Waals surface area contributed by atoms with Gasteiger partial charge in [-0.3, -0.25) is 4.79 Å². The highest BCUT2D eigenvalue weighted by atomic mass is 16.4. The summed E-state index contributed by atoms with van der Waals surface area (Å²) < 4.78 is 0. The number of carbonyl (C=O) groups is 1. The molecule has 0 heterocycles. The molecular formula is C14H19N3O2. The second-order valence-corrected chi connectivity index (χ2v) is 5.08. The normalized spacial score (nSPS) is 18.6. The molecule has 1 unspecified atom stereocenters. The van der Waals surface area contributed by atoms with Crippen LogP contribution in [0.4, 0.5) is 5.69 Å². The van der Waals surface area contributed by atoms with Crippen molar-refractivity contribution >= 4 is 17.8 Å². The summed E-state index contributed by atoms with van der Waals surface area (Å²) in [5.74, 6) is -0.428. The molecule has 2 N–H and O–H groups in total. The van der Waals surface area contributed by atoms with Crippen molar-refractivity contribution in [1.82, 2.24) is 4.90 Å². The number of hydrogen-bond donors (Lipinski definition) is 2. The summed E-state index contributed by atoms with van der Waals surface area (Å²) in [6.07, 6.45) is 4.09. The van der Waals surface area contributed by atoms with Gasteiger partial charge in [0.05, 0.1) is 0 Å². The highest BCUT2D eigenvalue weighted by Crippen LogP contribution is 2.26. The molecule has 0 saturated carbocycles. The Morgan fingerprint density at radius 1 is 1.47 bits per heavy atom. The van der Waals surface area contributed by atoms with Gasteiger partial charge >= 0.3 is 0 Å². The maximum atomic E-state index is 11.3. The van der Waals surface area contributed by atoms with Crippen LogP contribution in [-0.4, -0.2) is 42.4 Å². The van der Waals surface area contributed by atoms with Crippen molar-refractivity contribution in [1.29, 1.82) is 0 Å². The lowest BCUT2D eigenvalue weighted by Crippen LogP contribution is -2.33. The molecule has 0 spiro atoms. The molecule has 1 aliphatic carbocycles. The summed E-state index contributed by atoms with van der Waals surface area (Å²) in [6, 6.07) is 6.51. The van der Waals surface area contributed by atoms with Crippen LogP contribution >= 0.6 is 0 Å². The highest BCUT2D eigenvalue weighted by molar-refractivity contribution is 6.31. The van der Waals surface area contributed by atoms with E-state index in [9.17, 15) is 4.79 Å². The Kier molecular flexibility index (Phi) is 4.16. The Labute approximate surface area is 112 Å². The number of aryl methyl sites for hydroxylation is 1. The number of nitrogens with zero attached hydrogens (tertiary/aromatic N) is 2. The maximum Gasteiger partial charge on any atom is 0.270 e. The molecule has 1 aromatic rings. The zero-order valence-electron chi connectivity index (χ0n) is 11.3. The number of oxime groups is 1. The number of anilines is 1. The number of carbonyl (C=O) groups excluding carboxylic acids is 1. The first-order valence-corrected chi connectivity index (χ1v) is 6.37. The van der Waals surface area contributed by atoms with E-state index in [0.29, 0.717) is 6.04 Å². The number of likely N-dealkylation sites (N-methyl/N-ethyl adjacent to an activating group) is 1. The first kappa shape index (κ1) is 13.5. The molecule has 0 fully saturated rings. The van der Waals surface area contributed by atoms with Gasteiger partial charge in [0.15, 0.2) is 0 Å². The lowest BCUT2D eigenvalue weighted by molar-refractivity contribution is -0.110. The number of hydrogen-bond acceptors (Lipinski definition) is 4. The Bertz CT molecular complexity index is 497. The number of rotatable bonds is 3. The number of benzene rings is 1. The van der Waals surface area contributed by atoms with Gasteiger partial charge in [-0.15, -0.1) is 0 Å². The summed E-state index contributed by atoms with van der Waals surface area (Å²) >= 11 is 0. The monoisotopic (exact) mass is 261 g/mol. The van der Waals surface area contributed by atoms with Crippen molar-refractivity contribution in [2.75, 3.05) is 19.4 Å². The van der Waals surface area contributed by atoms with Crippen molar-refractivity contribution in [3.63, 3.8) is 0 Å². The van der Waals surface area contributed by atoms with Crippen LogP contribution in [0.25, 0.3) is 0 Å². The van der Waals surface area contributed by atoms with Crippen LogP contribution in [0.3, 0.4) is 0 Å². The van der Waals surface area contributed by atoms with Crippen molar-refractivity contribution in [2.45, 2.75) is 25.3 Å². The van der Waals surface area contributed by atoms with Gasteiger partial charge in [-0.05, 0) is 56.6 Å². The van der Waals surface area contributed by atoms with Gasteiger partial charge in [-0.2, -0.15) is 0 Å². The molecule has 1 atom stereocenters. The SMILES string of the molecule is CN(C)C1CCc2ccc(NC(=O)C=NO)cc2C1. The molecule has 1 aromatic carbocycles. The van der Waals surface area contributed by atoms with Crippen molar-refractivity contribution in [3.8, 4) is 0 Å². The molecule has 1 aliphatic rings. The fourth-order valence-corrected chi connectivity index (χ4v) is 2.48. The molecule has 0 saturated heterocycles. The van der Waals surface area contributed by atoms with Gasteiger partial charge < -0.3 is 15.4 Å². The second-order valence-electron chi connectivity index (χ2n) is 5.08. The van der Waals surface area contributed by atoms with Gasteiger partial charge in [0.2, 0.25) is 0 Å². The summed E-state index contributed by atoms with van der Waals surface area (Å²) in [7, 11) is 4.19. The van der Waals surface area contributed by atoms with Crippen LogP contribution < -0.4 is 5.32 Å². The fourth-order valence-electron chi connectivity index (χ4n) is 2.48.